The van der Waals surface area contributed by atoms with Gasteiger partial charge >= 0.3 is 0 Å². The van der Waals surface area contributed by atoms with E-state index in [1.165, 1.54) is 6.92 Å². The van der Waals surface area contributed by atoms with Crippen LogP contribution in [0.3, 0.4) is 0 Å². The fraction of sp³-hybridized carbons (Fsp3) is 0.267. The number of amides is 2. The summed E-state index contributed by atoms with van der Waals surface area (Å²) in [4.78, 5) is 36.0. The lowest BCUT2D eigenvalue weighted by Gasteiger charge is -2.26. The molecular formula is C15H18N2O3. The van der Waals surface area contributed by atoms with E-state index >= 15 is 0 Å². The molecule has 0 bridgehead atoms. The summed E-state index contributed by atoms with van der Waals surface area (Å²) in [5, 5.41) is 0. The van der Waals surface area contributed by atoms with Crippen molar-refractivity contribution in [3.8, 4) is 0 Å². The topological polar surface area (TPSA) is 80.5 Å². The average Bonchev–Trinajstić information content (AvgIpc) is 2.46. The normalized spacial score (nSPS) is 11.5. The van der Waals surface area contributed by atoms with Crippen LogP contribution >= 0.6 is 0 Å². The minimum atomic E-state index is -0.877. The van der Waals surface area contributed by atoms with Crippen LogP contribution in [0.4, 0.5) is 0 Å². The van der Waals surface area contributed by atoms with Crippen molar-refractivity contribution in [2.75, 3.05) is 6.54 Å². The van der Waals surface area contributed by atoms with Gasteiger partial charge in [0.05, 0.1) is 12.6 Å². The maximum Gasteiger partial charge on any atom is 0.256 e. The van der Waals surface area contributed by atoms with Crippen molar-refractivity contribution in [1.82, 2.24) is 4.90 Å². The lowest BCUT2D eigenvalue weighted by atomic mass is 10.0. The SMILES string of the molecule is C=C(C)C(=O)N(C(=O)CN)[C@H](C=O)Cc1ccccc1. The van der Waals surface area contributed by atoms with Crippen LogP contribution in [0.25, 0.3) is 0 Å². The number of rotatable bonds is 6. The first kappa shape index (κ1) is 15.8. The smallest absolute Gasteiger partial charge is 0.256 e. The largest absolute Gasteiger partial charge is 0.322 e. The van der Waals surface area contributed by atoms with E-state index in [1.807, 2.05) is 30.3 Å². The molecule has 2 N–H and O–H groups in total. The number of benzene rings is 1. The molecule has 0 radical (unpaired) electrons. The van der Waals surface area contributed by atoms with Crippen molar-refractivity contribution in [2.24, 2.45) is 5.73 Å². The number of carbonyl (C=O) groups is 3. The number of imide groups is 1. The van der Waals surface area contributed by atoms with Gasteiger partial charge in [-0.15, -0.1) is 0 Å². The standard InChI is InChI=1S/C15H18N2O3/c1-11(2)15(20)17(14(19)9-16)13(10-18)8-12-6-4-3-5-7-12/h3-7,10,13H,1,8-9,16H2,2H3/t13-/m0/s1. The highest BCUT2D eigenvalue weighted by Gasteiger charge is 2.29. The third kappa shape index (κ3) is 3.86. The predicted molar refractivity (Wildman–Crippen MR) is 75.7 cm³/mol. The van der Waals surface area contributed by atoms with E-state index in [-0.39, 0.29) is 18.5 Å². The molecule has 5 nitrogen and oxygen atoms in total. The average molecular weight is 274 g/mol. The van der Waals surface area contributed by atoms with Crippen LogP contribution in [0.5, 0.6) is 0 Å². The van der Waals surface area contributed by atoms with E-state index in [1.54, 1.807) is 0 Å². The Bertz CT molecular complexity index is 511. The Morgan fingerprint density at radius 2 is 1.95 bits per heavy atom. The Morgan fingerprint density at radius 1 is 1.35 bits per heavy atom. The molecule has 106 valence electrons. The highest BCUT2D eigenvalue weighted by molar-refractivity contribution is 6.05. The monoisotopic (exact) mass is 274 g/mol. The first-order valence-corrected chi connectivity index (χ1v) is 6.22. The second-order valence-electron chi connectivity index (χ2n) is 4.45. The van der Waals surface area contributed by atoms with Crippen LogP contribution in [-0.4, -0.2) is 35.6 Å². The molecule has 0 heterocycles. The summed E-state index contributed by atoms with van der Waals surface area (Å²) in [6.45, 7) is 4.67. The van der Waals surface area contributed by atoms with Crippen molar-refractivity contribution < 1.29 is 14.4 Å². The lowest BCUT2D eigenvalue weighted by molar-refractivity contribution is -0.146. The molecule has 1 rings (SSSR count). The number of hydrogen-bond acceptors (Lipinski definition) is 4. The van der Waals surface area contributed by atoms with Crippen LogP contribution in [0.2, 0.25) is 0 Å². The third-order valence-electron chi connectivity index (χ3n) is 2.80. The van der Waals surface area contributed by atoms with Crippen molar-refractivity contribution in [1.29, 1.82) is 0 Å². The van der Waals surface area contributed by atoms with Gasteiger partial charge in [0.2, 0.25) is 5.91 Å². The van der Waals surface area contributed by atoms with Gasteiger partial charge in [0.1, 0.15) is 6.29 Å². The van der Waals surface area contributed by atoms with Gasteiger partial charge in [-0.3, -0.25) is 14.5 Å². The maximum atomic E-state index is 12.0. The van der Waals surface area contributed by atoms with E-state index in [2.05, 4.69) is 6.58 Å². The minimum Gasteiger partial charge on any atom is -0.322 e. The van der Waals surface area contributed by atoms with Gasteiger partial charge in [-0.25, -0.2) is 0 Å². The fourth-order valence-corrected chi connectivity index (χ4v) is 1.81. The highest BCUT2D eigenvalue weighted by atomic mass is 16.2. The van der Waals surface area contributed by atoms with Crippen LogP contribution in [-0.2, 0) is 20.8 Å². The summed E-state index contributed by atoms with van der Waals surface area (Å²) >= 11 is 0. The third-order valence-corrected chi connectivity index (χ3v) is 2.80. The molecule has 1 aromatic rings. The quantitative estimate of drug-likeness (QED) is 0.611. The summed E-state index contributed by atoms with van der Waals surface area (Å²) in [6, 6.07) is 8.28. The second-order valence-corrected chi connectivity index (χ2v) is 4.45. The molecule has 0 aliphatic heterocycles. The fourth-order valence-electron chi connectivity index (χ4n) is 1.81. The van der Waals surface area contributed by atoms with E-state index in [9.17, 15) is 14.4 Å². The number of nitrogens with zero attached hydrogens (tertiary/aromatic N) is 1. The number of aldehydes is 1. The molecule has 0 fully saturated rings. The Morgan fingerprint density at radius 3 is 2.40 bits per heavy atom. The molecule has 0 aliphatic rings. The van der Waals surface area contributed by atoms with Gasteiger partial charge in [0.15, 0.2) is 0 Å². The minimum absolute atomic E-state index is 0.187. The molecule has 1 atom stereocenters. The zero-order chi connectivity index (χ0) is 15.1. The second kappa shape index (κ2) is 7.35. The Labute approximate surface area is 118 Å². The summed E-state index contributed by atoms with van der Waals surface area (Å²) < 4.78 is 0. The Kier molecular flexibility index (Phi) is 5.80. The summed E-state index contributed by atoms with van der Waals surface area (Å²) in [7, 11) is 0. The molecule has 2 amide bonds. The Hall–Kier alpha value is -2.27. The number of carbonyl (C=O) groups excluding carboxylic acids is 3. The van der Waals surface area contributed by atoms with Crippen molar-refractivity contribution >= 4 is 18.1 Å². The molecule has 0 aromatic heterocycles. The first-order valence-electron chi connectivity index (χ1n) is 6.22. The van der Waals surface area contributed by atoms with Gasteiger partial charge in [0.25, 0.3) is 5.91 Å². The molecular weight excluding hydrogens is 256 g/mol. The zero-order valence-corrected chi connectivity index (χ0v) is 11.4. The van der Waals surface area contributed by atoms with Crippen LogP contribution < -0.4 is 5.73 Å². The molecule has 0 saturated carbocycles. The molecule has 0 spiro atoms. The summed E-state index contributed by atoms with van der Waals surface area (Å²) in [6.07, 6.45) is 0.844. The molecule has 20 heavy (non-hydrogen) atoms. The van der Waals surface area contributed by atoms with Crippen molar-refractivity contribution in [3.63, 3.8) is 0 Å². The number of nitrogens with two attached hydrogens (primary N) is 1. The van der Waals surface area contributed by atoms with Gasteiger partial charge < -0.3 is 10.5 Å². The number of hydrogen-bond donors (Lipinski definition) is 1. The molecule has 0 aliphatic carbocycles. The molecule has 0 saturated heterocycles. The van der Waals surface area contributed by atoms with Gasteiger partial charge in [-0.1, -0.05) is 36.9 Å². The van der Waals surface area contributed by atoms with E-state index < -0.39 is 17.9 Å². The van der Waals surface area contributed by atoms with Crippen molar-refractivity contribution in [3.05, 3.63) is 48.0 Å². The molecule has 1 aromatic carbocycles. The highest BCUT2D eigenvalue weighted by Crippen LogP contribution is 2.11. The summed E-state index contributed by atoms with van der Waals surface area (Å²) in [5.74, 6) is -1.17. The van der Waals surface area contributed by atoms with Crippen LogP contribution in [0, 0.1) is 0 Å². The first-order chi connectivity index (χ1) is 9.51. The molecule has 0 unspecified atom stereocenters. The zero-order valence-electron chi connectivity index (χ0n) is 11.4. The van der Waals surface area contributed by atoms with Crippen LogP contribution in [0.15, 0.2) is 42.5 Å². The molecule has 5 heteroatoms. The van der Waals surface area contributed by atoms with E-state index in [0.29, 0.717) is 6.29 Å². The van der Waals surface area contributed by atoms with Gasteiger partial charge in [0, 0.05) is 12.0 Å². The predicted octanol–water partition coefficient (Wildman–Crippen LogP) is 0.687. The van der Waals surface area contributed by atoms with E-state index in [4.69, 9.17) is 5.73 Å². The Balaban J connectivity index is 3.02. The van der Waals surface area contributed by atoms with Crippen LogP contribution in [0.1, 0.15) is 12.5 Å². The van der Waals surface area contributed by atoms with Crippen molar-refractivity contribution in [2.45, 2.75) is 19.4 Å². The maximum absolute atomic E-state index is 12.0. The lowest BCUT2D eigenvalue weighted by Crippen LogP contribution is -2.49. The summed E-state index contributed by atoms with van der Waals surface area (Å²) in [5.41, 5.74) is 6.35. The van der Waals surface area contributed by atoms with Gasteiger partial charge in [-0.05, 0) is 12.5 Å². The van der Waals surface area contributed by atoms with Gasteiger partial charge in [-0.2, -0.15) is 0 Å². The van der Waals surface area contributed by atoms with E-state index in [0.717, 1.165) is 10.5 Å².